The van der Waals surface area contributed by atoms with Crippen LogP contribution in [0.15, 0.2) is 12.4 Å². The van der Waals surface area contributed by atoms with Gasteiger partial charge in [-0.2, -0.15) is 5.10 Å². The lowest BCUT2D eigenvalue weighted by molar-refractivity contribution is -0.121. The van der Waals surface area contributed by atoms with E-state index in [-0.39, 0.29) is 12.5 Å². The Bertz CT molecular complexity index is 434. The highest BCUT2D eigenvalue weighted by molar-refractivity contribution is 5.99. The Labute approximate surface area is 104 Å². The fourth-order valence-electron chi connectivity index (χ4n) is 2.22. The highest BCUT2D eigenvalue weighted by Crippen LogP contribution is 2.23. The molecule has 5 nitrogen and oxygen atoms in total. The number of carbonyl (C=O) groups is 1. The molecule has 1 amide bonds. The first-order valence-corrected chi connectivity index (χ1v) is 5.77. The molecule has 2 heterocycles. The van der Waals surface area contributed by atoms with Gasteiger partial charge in [0.25, 0.3) is 6.43 Å². The van der Waals surface area contributed by atoms with E-state index in [2.05, 4.69) is 5.10 Å². The zero-order valence-corrected chi connectivity index (χ0v) is 10.4. The van der Waals surface area contributed by atoms with E-state index >= 15 is 0 Å². The van der Waals surface area contributed by atoms with Crippen molar-refractivity contribution in [1.29, 1.82) is 0 Å². The summed E-state index contributed by atoms with van der Waals surface area (Å²) in [5.74, 6) is -0.133. The largest absolute Gasteiger partial charge is 0.308 e. The van der Waals surface area contributed by atoms with Crippen LogP contribution in [0.4, 0.5) is 14.5 Å². The second kappa shape index (κ2) is 5.01. The van der Waals surface area contributed by atoms with Crippen molar-refractivity contribution in [1.82, 2.24) is 14.7 Å². The Morgan fingerprint density at radius 2 is 2.33 bits per heavy atom. The average Bonchev–Trinajstić information content (AvgIpc) is 2.83. The van der Waals surface area contributed by atoms with Crippen molar-refractivity contribution in [2.45, 2.75) is 18.9 Å². The number of anilines is 1. The van der Waals surface area contributed by atoms with Gasteiger partial charge >= 0.3 is 0 Å². The fourth-order valence-corrected chi connectivity index (χ4v) is 2.22. The summed E-state index contributed by atoms with van der Waals surface area (Å²) in [6.07, 6.45) is 1.49. The Morgan fingerprint density at radius 3 is 2.89 bits per heavy atom. The first-order valence-electron chi connectivity index (χ1n) is 5.77. The summed E-state index contributed by atoms with van der Waals surface area (Å²) in [6.45, 7) is 0.167. The van der Waals surface area contributed by atoms with Crippen molar-refractivity contribution in [2.24, 2.45) is 7.05 Å². The molecule has 1 aromatic rings. The lowest BCUT2D eigenvalue weighted by atomic mass is 10.2. The number of nitrogens with zero attached hydrogens (tertiary/aromatic N) is 4. The fraction of sp³-hybridized carbons (Fsp3) is 0.636. The maximum absolute atomic E-state index is 12.3. The molecular weight excluding hydrogens is 242 g/mol. The number of halogens is 2. The predicted octanol–water partition coefficient (Wildman–Crippen LogP) is 0.722. The summed E-state index contributed by atoms with van der Waals surface area (Å²) in [7, 11) is 3.33. The summed E-state index contributed by atoms with van der Waals surface area (Å²) < 4.78 is 26.2. The lowest BCUT2D eigenvalue weighted by Gasteiger charge is -2.22. The molecule has 0 saturated carbocycles. The topological polar surface area (TPSA) is 41.4 Å². The van der Waals surface area contributed by atoms with Gasteiger partial charge < -0.3 is 4.90 Å². The van der Waals surface area contributed by atoms with Gasteiger partial charge in [-0.3, -0.25) is 14.4 Å². The lowest BCUT2D eigenvalue weighted by Crippen LogP contribution is -2.41. The first-order chi connectivity index (χ1) is 8.49. The van der Waals surface area contributed by atoms with E-state index in [0.29, 0.717) is 13.0 Å². The minimum absolute atomic E-state index is 0.133. The van der Waals surface area contributed by atoms with Gasteiger partial charge in [-0.05, 0) is 13.5 Å². The number of alkyl halides is 2. The second-order valence-electron chi connectivity index (χ2n) is 4.50. The minimum Gasteiger partial charge on any atom is -0.308 e. The zero-order chi connectivity index (χ0) is 13.3. The molecular formula is C11H16F2N4O. The molecule has 1 aromatic heterocycles. The molecule has 0 N–H and O–H groups in total. The molecule has 1 unspecified atom stereocenters. The highest BCUT2D eigenvalue weighted by atomic mass is 19.3. The molecule has 0 radical (unpaired) electrons. The van der Waals surface area contributed by atoms with Crippen LogP contribution >= 0.6 is 0 Å². The summed E-state index contributed by atoms with van der Waals surface area (Å²) in [5.41, 5.74) is 0.718. The Kier molecular flexibility index (Phi) is 3.60. The molecule has 0 bridgehead atoms. The second-order valence-corrected chi connectivity index (χ2v) is 4.50. The van der Waals surface area contributed by atoms with E-state index in [9.17, 15) is 13.6 Å². The third-order valence-electron chi connectivity index (χ3n) is 3.14. The summed E-state index contributed by atoms with van der Waals surface area (Å²) in [6, 6.07) is -0.459. The van der Waals surface area contributed by atoms with E-state index in [4.69, 9.17) is 0 Å². The van der Waals surface area contributed by atoms with Crippen LogP contribution in [-0.4, -0.2) is 53.2 Å². The molecule has 1 saturated heterocycles. The van der Waals surface area contributed by atoms with E-state index in [1.54, 1.807) is 36.1 Å². The Hall–Kier alpha value is -1.50. The summed E-state index contributed by atoms with van der Waals surface area (Å²) in [4.78, 5) is 15.2. The number of carbonyl (C=O) groups excluding carboxylic acids is 1. The number of amides is 1. The molecule has 1 aliphatic heterocycles. The maximum atomic E-state index is 12.3. The van der Waals surface area contributed by atoms with E-state index in [1.165, 1.54) is 4.90 Å². The number of hydrogen-bond donors (Lipinski definition) is 0. The Balaban J connectivity index is 2.05. The monoisotopic (exact) mass is 258 g/mol. The summed E-state index contributed by atoms with van der Waals surface area (Å²) in [5, 5.41) is 4.00. The Morgan fingerprint density at radius 1 is 1.61 bits per heavy atom. The zero-order valence-electron chi connectivity index (χ0n) is 10.4. The first kappa shape index (κ1) is 12.9. The van der Waals surface area contributed by atoms with Crippen LogP contribution in [-0.2, 0) is 11.8 Å². The van der Waals surface area contributed by atoms with Crippen LogP contribution < -0.4 is 4.90 Å². The molecule has 100 valence electrons. The standard InChI is InChI=1S/C11H16F2N4O/c1-15(7-10(12)13)9-3-4-17(11(9)18)8-5-14-16(2)6-8/h5-6,9-10H,3-4,7H2,1-2H3. The van der Waals surface area contributed by atoms with Crippen molar-refractivity contribution < 1.29 is 13.6 Å². The molecule has 0 aliphatic carbocycles. The third kappa shape index (κ3) is 2.50. The maximum Gasteiger partial charge on any atom is 0.251 e. The number of likely N-dealkylation sites (N-methyl/N-ethyl adjacent to an activating group) is 1. The number of aryl methyl sites for hydroxylation is 1. The van der Waals surface area contributed by atoms with Crippen molar-refractivity contribution in [3.8, 4) is 0 Å². The average molecular weight is 258 g/mol. The van der Waals surface area contributed by atoms with Crippen LogP contribution in [0, 0.1) is 0 Å². The SMILES string of the molecule is CN(CC(F)F)C1CCN(c2cnn(C)c2)C1=O. The van der Waals surface area contributed by atoms with Crippen LogP contribution in [0.2, 0.25) is 0 Å². The smallest absolute Gasteiger partial charge is 0.251 e. The van der Waals surface area contributed by atoms with Gasteiger partial charge in [0.1, 0.15) is 0 Å². The van der Waals surface area contributed by atoms with Crippen molar-refractivity contribution in [3.05, 3.63) is 12.4 Å². The van der Waals surface area contributed by atoms with Crippen molar-refractivity contribution in [3.63, 3.8) is 0 Å². The van der Waals surface area contributed by atoms with Crippen LogP contribution in [0.25, 0.3) is 0 Å². The molecule has 7 heteroatoms. The van der Waals surface area contributed by atoms with E-state index in [1.807, 2.05) is 0 Å². The van der Waals surface area contributed by atoms with E-state index in [0.717, 1.165) is 5.69 Å². The summed E-state index contributed by atoms with van der Waals surface area (Å²) >= 11 is 0. The van der Waals surface area contributed by atoms with E-state index < -0.39 is 12.5 Å². The van der Waals surface area contributed by atoms with Crippen molar-refractivity contribution >= 4 is 11.6 Å². The predicted molar refractivity (Wildman–Crippen MR) is 62.6 cm³/mol. The molecule has 0 aromatic carbocycles. The van der Waals surface area contributed by atoms with Gasteiger partial charge in [0, 0.05) is 19.8 Å². The number of rotatable bonds is 4. The quantitative estimate of drug-likeness (QED) is 0.799. The van der Waals surface area contributed by atoms with Gasteiger partial charge in [-0.25, -0.2) is 8.78 Å². The molecule has 18 heavy (non-hydrogen) atoms. The van der Waals surface area contributed by atoms with Gasteiger partial charge in [0.05, 0.1) is 24.5 Å². The van der Waals surface area contributed by atoms with Crippen LogP contribution in [0.1, 0.15) is 6.42 Å². The third-order valence-corrected chi connectivity index (χ3v) is 3.14. The molecule has 1 fully saturated rings. The van der Waals surface area contributed by atoms with Gasteiger partial charge in [0.2, 0.25) is 5.91 Å². The van der Waals surface area contributed by atoms with Crippen LogP contribution in [0.5, 0.6) is 0 Å². The normalized spacial score (nSPS) is 20.4. The van der Waals surface area contributed by atoms with Crippen molar-refractivity contribution in [2.75, 3.05) is 25.0 Å². The van der Waals surface area contributed by atoms with Gasteiger partial charge in [-0.15, -0.1) is 0 Å². The molecule has 1 atom stereocenters. The number of hydrogen-bond acceptors (Lipinski definition) is 3. The van der Waals surface area contributed by atoms with Gasteiger partial charge in [0.15, 0.2) is 0 Å². The molecule has 0 spiro atoms. The van der Waals surface area contributed by atoms with Gasteiger partial charge in [-0.1, -0.05) is 0 Å². The number of aromatic nitrogens is 2. The molecule has 2 rings (SSSR count). The minimum atomic E-state index is -2.42. The highest BCUT2D eigenvalue weighted by Gasteiger charge is 2.36. The molecule has 1 aliphatic rings. The van der Waals surface area contributed by atoms with Crippen LogP contribution in [0.3, 0.4) is 0 Å².